The Balaban J connectivity index is 1.32. The van der Waals surface area contributed by atoms with Crippen LogP contribution in [0.15, 0.2) is 24.3 Å². The molecule has 4 aliphatic heterocycles. The van der Waals surface area contributed by atoms with Gasteiger partial charge in [-0.25, -0.2) is 0 Å². The summed E-state index contributed by atoms with van der Waals surface area (Å²) in [6, 6.07) is 8.86. The Morgan fingerprint density at radius 2 is 1.80 bits per heavy atom. The number of hydrogen-bond acceptors (Lipinski definition) is 5. The third-order valence-electron chi connectivity index (χ3n) is 7.38. The number of carbonyl (C=O) groups is 1. The summed E-state index contributed by atoms with van der Waals surface area (Å²) in [4.78, 5) is 15.0. The van der Waals surface area contributed by atoms with Gasteiger partial charge in [-0.05, 0) is 62.6 Å². The Morgan fingerprint density at radius 3 is 2.60 bits per heavy atom. The highest BCUT2D eigenvalue weighted by Crippen LogP contribution is 2.38. The van der Waals surface area contributed by atoms with E-state index >= 15 is 0 Å². The molecule has 3 atom stereocenters. The molecule has 1 N–H and O–H groups in total. The van der Waals surface area contributed by atoms with Crippen LogP contribution in [0.2, 0.25) is 0 Å². The molecule has 2 saturated heterocycles. The average Bonchev–Trinajstić information content (AvgIpc) is 2.74. The molecule has 30 heavy (non-hydrogen) atoms. The Hall–Kier alpha value is -1.63. The highest BCUT2D eigenvalue weighted by atomic mass is 16.5. The van der Waals surface area contributed by atoms with Crippen molar-refractivity contribution in [2.45, 2.75) is 75.2 Å². The molecule has 1 aromatic carbocycles. The molecule has 6 heteroatoms. The fourth-order valence-corrected chi connectivity index (χ4v) is 5.51. The third kappa shape index (κ3) is 4.36. The molecule has 1 amide bonds. The average molecular weight is 415 g/mol. The van der Waals surface area contributed by atoms with Crippen LogP contribution in [-0.2, 0) is 14.3 Å². The second-order valence-corrected chi connectivity index (χ2v) is 9.20. The molecule has 164 valence electrons. The maximum absolute atomic E-state index is 12.5. The standard InChI is InChI=1S/C24H34N2O4/c27-24(23-11-14-28-23)25-20-5-3-12-26-13-15-29-22-6-2-1-4-19(22)17-7-9-18(10-8-17)30-16-21(20)26/h1-2,4,6,17-18,20-21,23H,3,5,7-16H2,(H,25,27)/t17?,18?,20-,21?,23?/m0/s1. The quantitative estimate of drug-likeness (QED) is 0.806. The van der Waals surface area contributed by atoms with Gasteiger partial charge < -0.3 is 19.5 Å². The smallest absolute Gasteiger partial charge is 0.249 e. The van der Waals surface area contributed by atoms with Gasteiger partial charge in [0, 0.05) is 19.0 Å². The summed E-state index contributed by atoms with van der Waals surface area (Å²) in [5.41, 5.74) is 1.36. The van der Waals surface area contributed by atoms with Gasteiger partial charge in [-0.3, -0.25) is 9.69 Å². The Labute approximate surface area is 179 Å². The van der Waals surface area contributed by atoms with Crippen LogP contribution in [0.1, 0.15) is 56.4 Å². The van der Waals surface area contributed by atoms with Gasteiger partial charge in [0.2, 0.25) is 5.91 Å². The predicted molar refractivity (Wildman–Crippen MR) is 114 cm³/mol. The number of amides is 1. The highest BCUT2D eigenvalue weighted by Gasteiger charge is 2.36. The van der Waals surface area contributed by atoms with Crippen LogP contribution in [0.5, 0.6) is 5.75 Å². The number of benzene rings is 1. The van der Waals surface area contributed by atoms with Gasteiger partial charge in [-0.15, -0.1) is 0 Å². The van der Waals surface area contributed by atoms with Crippen molar-refractivity contribution in [3.8, 4) is 5.75 Å². The van der Waals surface area contributed by atoms with E-state index in [1.165, 1.54) is 5.56 Å². The van der Waals surface area contributed by atoms with Crippen molar-refractivity contribution in [3.05, 3.63) is 29.8 Å². The summed E-state index contributed by atoms with van der Waals surface area (Å²) in [7, 11) is 0. The molecule has 0 radical (unpaired) electrons. The zero-order valence-corrected chi connectivity index (χ0v) is 17.8. The van der Waals surface area contributed by atoms with E-state index < -0.39 is 0 Å². The SMILES string of the molecule is O=C(N[C@H]1CCCN2CCOc3ccccc3C3CCC(CC3)OCC12)C1CCO1. The Morgan fingerprint density at radius 1 is 0.967 bits per heavy atom. The first-order valence-electron chi connectivity index (χ1n) is 11.8. The van der Waals surface area contributed by atoms with Gasteiger partial charge >= 0.3 is 0 Å². The van der Waals surface area contributed by atoms with Gasteiger partial charge in [0.25, 0.3) is 0 Å². The molecule has 0 aromatic heterocycles. The van der Waals surface area contributed by atoms with E-state index in [1.54, 1.807) is 0 Å². The minimum absolute atomic E-state index is 0.0432. The van der Waals surface area contributed by atoms with E-state index in [2.05, 4.69) is 34.5 Å². The summed E-state index contributed by atoms with van der Waals surface area (Å²) >= 11 is 0. The fraction of sp³-hybridized carbons (Fsp3) is 0.708. The number of para-hydroxylation sites is 1. The van der Waals surface area contributed by atoms with Crippen LogP contribution in [-0.4, -0.2) is 68.0 Å². The van der Waals surface area contributed by atoms with Crippen LogP contribution in [0.4, 0.5) is 0 Å². The third-order valence-corrected chi connectivity index (χ3v) is 7.38. The molecule has 1 aromatic rings. The maximum Gasteiger partial charge on any atom is 0.249 e. The minimum atomic E-state index is -0.258. The van der Waals surface area contributed by atoms with Gasteiger partial charge in [-0.1, -0.05) is 18.2 Å². The molecular formula is C24H34N2O4. The highest BCUT2D eigenvalue weighted by molar-refractivity contribution is 5.81. The number of ether oxygens (including phenoxy) is 3. The number of nitrogens with one attached hydrogen (secondary N) is 1. The molecule has 2 bridgehead atoms. The van der Waals surface area contributed by atoms with Crippen LogP contribution in [0.3, 0.4) is 0 Å². The molecule has 1 saturated carbocycles. The van der Waals surface area contributed by atoms with E-state index in [1.807, 2.05) is 0 Å². The Bertz CT molecular complexity index is 730. The summed E-state index contributed by atoms with van der Waals surface area (Å²) in [6.45, 7) is 3.92. The summed E-state index contributed by atoms with van der Waals surface area (Å²) < 4.78 is 18.1. The maximum atomic E-state index is 12.5. The molecule has 3 fully saturated rings. The van der Waals surface area contributed by atoms with Crippen molar-refractivity contribution in [3.63, 3.8) is 0 Å². The van der Waals surface area contributed by atoms with Crippen molar-refractivity contribution in [1.82, 2.24) is 10.2 Å². The summed E-state index contributed by atoms with van der Waals surface area (Å²) in [6.07, 6.45) is 7.47. The molecule has 4 heterocycles. The predicted octanol–water partition coefficient (Wildman–Crippen LogP) is 2.86. The van der Waals surface area contributed by atoms with Crippen LogP contribution in [0, 0.1) is 0 Å². The van der Waals surface area contributed by atoms with Gasteiger partial charge in [0.05, 0.1) is 25.4 Å². The number of piperidine rings is 1. The summed E-state index contributed by atoms with van der Waals surface area (Å²) in [5, 5.41) is 3.28. The number of hydrogen-bond donors (Lipinski definition) is 1. The van der Waals surface area contributed by atoms with Crippen LogP contribution < -0.4 is 10.1 Å². The molecular weight excluding hydrogens is 380 g/mol. The lowest BCUT2D eigenvalue weighted by atomic mass is 9.82. The normalized spacial score (nSPS) is 34.7. The van der Waals surface area contributed by atoms with Crippen LogP contribution in [0.25, 0.3) is 0 Å². The second-order valence-electron chi connectivity index (χ2n) is 9.20. The first-order valence-corrected chi connectivity index (χ1v) is 11.8. The minimum Gasteiger partial charge on any atom is -0.492 e. The molecule has 6 nitrogen and oxygen atoms in total. The molecule has 1 aliphatic carbocycles. The monoisotopic (exact) mass is 414 g/mol. The topological polar surface area (TPSA) is 60.0 Å². The van der Waals surface area contributed by atoms with Crippen molar-refractivity contribution >= 4 is 5.91 Å². The first-order chi connectivity index (χ1) is 14.8. The molecule has 5 aliphatic rings. The van der Waals surface area contributed by atoms with E-state index in [-0.39, 0.29) is 24.1 Å². The number of nitrogens with zero attached hydrogens (tertiary/aromatic N) is 1. The fourth-order valence-electron chi connectivity index (χ4n) is 5.51. The van der Waals surface area contributed by atoms with Crippen LogP contribution >= 0.6 is 0 Å². The lowest BCUT2D eigenvalue weighted by molar-refractivity contribution is -0.147. The lowest BCUT2D eigenvalue weighted by Crippen LogP contribution is -2.60. The zero-order valence-electron chi connectivity index (χ0n) is 17.8. The van der Waals surface area contributed by atoms with Gasteiger partial charge in [0.15, 0.2) is 0 Å². The van der Waals surface area contributed by atoms with Gasteiger partial charge in [0.1, 0.15) is 18.5 Å². The number of carbonyl (C=O) groups excluding carboxylic acids is 1. The van der Waals surface area contributed by atoms with Gasteiger partial charge in [-0.2, -0.15) is 0 Å². The molecule has 6 rings (SSSR count). The van der Waals surface area contributed by atoms with Crippen molar-refractivity contribution < 1.29 is 19.0 Å². The van der Waals surface area contributed by atoms with E-state index in [0.717, 1.165) is 63.8 Å². The summed E-state index contributed by atoms with van der Waals surface area (Å²) in [5.74, 6) is 1.65. The zero-order chi connectivity index (χ0) is 20.3. The first kappa shape index (κ1) is 20.3. The van der Waals surface area contributed by atoms with Crippen molar-refractivity contribution in [2.75, 3.05) is 32.9 Å². The van der Waals surface area contributed by atoms with Crippen molar-refractivity contribution in [1.29, 1.82) is 0 Å². The Kier molecular flexibility index (Phi) is 6.25. The lowest BCUT2D eigenvalue weighted by Gasteiger charge is -2.42. The van der Waals surface area contributed by atoms with E-state index in [0.29, 0.717) is 31.8 Å². The molecule has 0 spiro atoms. The van der Waals surface area contributed by atoms with Crippen molar-refractivity contribution in [2.24, 2.45) is 0 Å². The van der Waals surface area contributed by atoms with E-state index in [9.17, 15) is 4.79 Å². The number of rotatable bonds is 2. The molecule has 2 unspecified atom stereocenters. The van der Waals surface area contributed by atoms with E-state index in [4.69, 9.17) is 14.2 Å². The largest absolute Gasteiger partial charge is 0.492 e. The number of fused-ring (bicyclic) bond motifs is 5. The second kappa shape index (κ2) is 9.25.